The largest absolute Gasteiger partial charge is 0.491 e. The number of nitrogens with two attached hydrogens (primary N) is 1. The number of benzene rings is 2. The van der Waals surface area contributed by atoms with Crippen molar-refractivity contribution in [2.45, 2.75) is 26.0 Å². The van der Waals surface area contributed by atoms with Crippen molar-refractivity contribution in [3.63, 3.8) is 0 Å². The summed E-state index contributed by atoms with van der Waals surface area (Å²) in [5, 5.41) is 11.8. The van der Waals surface area contributed by atoms with Gasteiger partial charge in [0, 0.05) is 25.3 Å². The van der Waals surface area contributed by atoms with E-state index in [2.05, 4.69) is 25.7 Å². The minimum atomic E-state index is -0.169. The van der Waals surface area contributed by atoms with Crippen LogP contribution in [-0.4, -0.2) is 32.4 Å². The maximum Gasteiger partial charge on any atom is 0.226 e. The monoisotopic (exact) mass is 417 g/mol. The van der Waals surface area contributed by atoms with Crippen LogP contribution < -0.4 is 21.1 Å². The van der Waals surface area contributed by atoms with Crippen molar-refractivity contribution < 1.29 is 4.74 Å². The minimum absolute atomic E-state index is 0.131. The third-order valence-electron chi connectivity index (χ3n) is 4.79. The van der Waals surface area contributed by atoms with Crippen LogP contribution in [0.2, 0.25) is 0 Å². The van der Waals surface area contributed by atoms with E-state index in [-0.39, 0.29) is 12.1 Å². The molecular formula is C23H27N7O. The number of nitrogens with one attached hydrogen (secondary N) is 2. The molecule has 0 fully saturated rings. The summed E-state index contributed by atoms with van der Waals surface area (Å²) in [7, 11) is 1.86. The zero-order valence-corrected chi connectivity index (χ0v) is 17.9. The zero-order chi connectivity index (χ0) is 21.8. The highest BCUT2D eigenvalue weighted by atomic mass is 16.5. The van der Waals surface area contributed by atoms with Gasteiger partial charge in [-0.2, -0.15) is 15.1 Å². The summed E-state index contributed by atoms with van der Waals surface area (Å²) in [5.74, 6) is 1.99. The van der Waals surface area contributed by atoms with Crippen LogP contribution in [0.5, 0.6) is 5.75 Å². The van der Waals surface area contributed by atoms with Crippen molar-refractivity contribution in [1.29, 1.82) is 0 Å². The van der Waals surface area contributed by atoms with E-state index in [0.29, 0.717) is 18.3 Å². The molecule has 0 aliphatic rings. The zero-order valence-electron chi connectivity index (χ0n) is 17.9. The second-order valence-corrected chi connectivity index (χ2v) is 7.62. The summed E-state index contributed by atoms with van der Waals surface area (Å²) in [6.07, 6.45) is 1.89. The van der Waals surface area contributed by atoms with Gasteiger partial charge in [-0.05, 0) is 43.7 Å². The lowest BCUT2D eigenvalue weighted by Gasteiger charge is -2.15. The SMILES string of the molecule is CC(C)Oc1ccc(Nc2nc(NCC(N)c3ccccc3)nc3c2cnn3C)cc1. The first-order valence-electron chi connectivity index (χ1n) is 10.3. The van der Waals surface area contributed by atoms with Gasteiger partial charge in [-0.15, -0.1) is 0 Å². The Morgan fingerprint density at radius 1 is 1.03 bits per heavy atom. The molecule has 4 N–H and O–H groups in total. The van der Waals surface area contributed by atoms with Gasteiger partial charge in [0.1, 0.15) is 11.6 Å². The minimum Gasteiger partial charge on any atom is -0.491 e. The molecule has 4 rings (SSSR count). The quantitative estimate of drug-likeness (QED) is 0.398. The summed E-state index contributed by atoms with van der Waals surface area (Å²) in [6, 6.07) is 17.6. The predicted molar refractivity (Wildman–Crippen MR) is 124 cm³/mol. The standard InChI is InChI=1S/C23H27N7O/c1-15(2)31-18-11-9-17(10-12-18)27-21-19-13-26-30(3)22(19)29-23(28-21)25-14-20(24)16-7-5-4-6-8-16/h4-13,15,20H,14,24H2,1-3H3,(H2,25,27,28,29). The molecule has 0 spiro atoms. The number of nitrogens with zero attached hydrogens (tertiary/aromatic N) is 4. The molecule has 8 heteroatoms. The lowest BCUT2D eigenvalue weighted by Crippen LogP contribution is -2.21. The molecule has 160 valence electrons. The van der Waals surface area contributed by atoms with Crippen molar-refractivity contribution in [2.75, 3.05) is 17.2 Å². The van der Waals surface area contributed by atoms with Crippen LogP contribution in [0.3, 0.4) is 0 Å². The van der Waals surface area contributed by atoms with Gasteiger partial charge in [-0.3, -0.25) is 4.68 Å². The molecule has 2 heterocycles. The van der Waals surface area contributed by atoms with E-state index in [1.165, 1.54) is 0 Å². The van der Waals surface area contributed by atoms with Crippen molar-refractivity contribution in [3.8, 4) is 5.75 Å². The van der Waals surface area contributed by atoms with E-state index >= 15 is 0 Å². The van der Waals surface area contributed by atoms with Crippen LogP contribution >= 0.6 is 0 Å². The van der Waals surface area contributed by atoms with Gasteiger partial charge in [0.2, 0.25) is 5.95 Å². The highest BCUT2D eigenvalue weighted by Gasteiger charge is 2.13. The third kappa shape index (κ3) is 4.92. The smallest absolute Gasteiger partial charge is 0.226 e. The molecule has 0 aliphatic heterocycles. The van der Waals surface area contributed by atoms with E-state index in [1.807, 2.05) is 75.5 Å². The molecule has 8 nitrogen and oxygen atoms in total. The molecule has 2 aromatic heterocycles. The van der Waals surface area contributed by atoms with Crippen LogP contribution in [0.1, 0.15) is 25.5 Å². The average molecular weight is 418 g/mol. The van der Waals surface area contributed by atoms with Crippen LogP contribution in [0.15, 0.2) is 60.8 Å². The van der Waals surface area contributed by atoms with Crippen LogP contribution in [0.4, 0.5) is 17.5 Å². The van der Waals surface area contributed by atoms with Gasteiger partial charge in [0.05, 0.1) is 17.7 Å². The van der Waals surface area contributed by atoms with E-state index in [1.54, 1.807) is 10.9 Å². The second kappa shape index (κ2) is 9.01. The van der Waals surface area contributed by atoms with Gasteiger partial charge in [0.25, 0.3) is 0 Å². The number of fused-ring (bicyclic) bond motifs is 1. The highest BCUT2D eigenvalue weighted by molar-refractivity contribution is 5.89. The van der Waals surface area contributed by atoms with Crippen molar-refractivity contribution in [1.82, 2.24) is 19.7 Å². The van der Waals surface area contributed by atoms with Crippen LogP contribution in [0.25, 0.3) is 11.0 Å². The fourth-order valence-corrected chi connectivity index (χ4v) is 3.24. The molecule has 0 saturated carbocycles. The number of aryl methyl sites for hydroxylation is 1. The number of anilines is 3. The number of rotatable bonds is 8. The average Bonchev–Trinajstić information content (AvgIpc) is 3.15. The topological polar surface area (TPSA) is 103 Å². The van der Waals surface area contributed by atoms with E-state index in [9.17, 15) is 0 Å². The molecule has 31 heavy (non-hydrogen) atoms. The first-order chi connectivity index (χ1) is 15.0. The third-order valence-corrected chi connectivity index (χ3v) is 4.79. The summed E-state index contributed by atoms with van der Waals surface area (Å²) in [6.45, 7) is 4.52. The van der Waals surface area contributed by atoms with Gasteiger partial charge in [-0.1, -0.05) is 30.3 Å². The van der Waals surface area contributed by atoms with E-state index in [4.69, 9.17) is 10.5 Å². The number of aromatic nitrogens is 4. The van der Waals surface area contributed by atoms with Crippen LogP contribution in [0, 0.1) is 0 Å². The lowest BCUT2D eigenvalue weighted by atomic mass is 10.1. The molecule has 0 aliphatic carbocycles. The number of ether oxygens (including phenoxy) is 1. The molecule has 0 bridgehead atoms. The Kier molecular flexibility index (Phi) is 5.99. The molecule has 2 aromatic carbocycles. The van der Waals surface area contributed by atoms with Gasteiger partial charge in [-0.25, -0.2) is 0 Å². The van der Waals surface area contributed by atoms with Gasteiger partial charge in [0.15, 0.2) is 5.65 Å². The Morgan fingerprint density at radius 2 is 1.77 bits per heavy atom. The molecule has 1 atom stereocenters. The van der Waals surface area contributed by atoms with Crippen molar-refractivity contribution in [3.05, 3.63) is 66.4 Å². The van der Waals surface area contributed by atoms with Crippen molar-refractivity contribution in [2.24, 2.45) is 12.8 Å². The normalized spacial score (nSPS) is 12.2. The Labute approximate surface area is 181 Å². The Hall–Kier alpha value is -3.65. The number of hydrogen-bond acceptors (Lipinski definition) is 7. The number of hydrogen-bond donors (Lipinski definition) is 3. The van der Waals surface area contributed by atoms with Gasteiger partial charge >= 0.3 is 0 Å². The fraction of sp³-hybridized carbons (Fsp3) is 0.261. The second-order valence-electron chi connectivity index (χ2n) is 7.62. The first-order valence-corrected chi connectivity index (χ1v) is 10.3. The molecule has 0 radical (unpaired) electrons. The van der Waals surface area contributed by atoms with Crippen molar-refractivity contribution >= 4 is 28.5 Å². The summed E-state index contributed by atoms with van der Waals surface area (Å²) in [5.41, 5.74) is 8.99. The predicted octanol–water partition coefficient (Wildman–Crippen LogP) is 4.01. The molecule has 0 saturated heterocycles. The summed E-state index contributed by atoms with van der Waals surface area (Å²) in [4.78, 5) is 9.28. The lowest BCUT2D eigenvalue weighted by molar-refractivity contribution is 0.242. The van der Waals surface area contributed by atoms with Gasteiger partial charge < -0.3 is 21.1 Å². The highest BCUT2D eigenvalue weighted by Crippen LogP contribution is 2.26. The molecular weight excluding hydrogens is 390 g/mol. The maximum absolute atomic E-state index is 6.31. The van der Waals surface area contributed by atoms with E-state index < -0.39 is 0 Å². The fourth-order valence-electron chi connectivity index (χ4n) is 3.24. The van der Waals surface area contributed by atoms with Crippen LogP contribution in [-0.2, 0) is 7.05 Å². The molecule has 0 amide bonds. The van der Waals surface area contributed by atoms with E-state index in [0.717, 1.165) is 28.0 Å². The maximum atomic E-state index is 6.31. The summed E-state index contributed by atoms with van der Waals surface area (Å²) < 4.78 is 7.44. The first kappa shape index (κ1) is 20.6. The molecule has 1 unspecified atom stereocenters. The Morgan fingerprint density at radius 3 is 2.48 bits per heavy atom. The Balaban J connectivity index is 1.55. The Bertz CT molecular complexity index is 1140. The summed E-state index contributed by atoms with van der Waals surface area (Å²) >= 11 is 0. The molecule has 4 aromatic rings.